The molecule has 1 aliphatic heterocycles. The van der Waals surface area contributed by atoms with Crippen LogP contribution in [-0.4, -0.2) is 24.0 Å². The van der Waals surface area contributed by atoms with Gasteiger partial charge >= 0.3 is 0 Å². The SMILES string of the molecule is Cc1cccc2c1CN(CCNCc1ccccc1)C(CC(C)C)C2. The Balaban J connectivity index is 1.60. The van der Waals surface area contributed by atoms with E-state index in [2.05, 4.69) is 79.5 Å². The third kappa shape index (κ3) is 4.93. The zero-order valence-corrected chi connectivity index (χ0v) is 16.0. The number of rotatable bonds is 7. The largest absolute Gasteiger partial charge is 0.311 e. The van der Waals surface area contributed by atoms with Gasteiger partial charge in [0.1, 0.15) is 0 Å². The van der Waals surface area contributed by atoms with Gasteiger partial charge in [-0.25, -0.2) is 0 Å². The van der Waals surface area contributed by atoms with E-state index < -0.39 is 0 Å². The predicted octanol–water partition coefficient (Wildman–Crippen LogP) is 4.56. The van der Waals surface area contributed by atoms with Gasteiger partial charge in [-0.05, 0) is 47.9 Å². The fraction of sp³-hybridized carbons (Fsp3) is 0.478. The van der Waals surface area contributed by atoms with Gasteiger partial charge in [-0.1, -0.05) is 62.4 Å². The van der Waals surface area contributed by atoms with E-state index in [4.69, 9.17) is 0 Å². The van der Waals surface area contributed by atoms with Gasteiger partial charge in [0.05, 0.1) is 0 Å². The van der Waals surface area contributed by atoms with Crippen LogP contribution in [0, 0.1) is 12.8 Å². The van der Waals surface area contributed by atoms with Crippen molar-refractivity contribution in [2.45, 2.75) is 52.7 Å². The molecule has 2 nitrogen and oxygen atoms in total. The summed E-state index contributed by atoms with van der Waals surface area (Å²) in [4.78, 5) is 2.70. The lowest BCUT2D eigenvalue weighted by Crippen LogP contribution is -2.44. The Kier molecular flexibility index (Phi) is 6.28. The van der Waals surface area contributed by atoms with Crippen molar-refractivity contribution in [3.05, 3.63) is 70.8 Å². The van der Waals surface area contributed by atoms with E-state index in [9.17, 15) is 0 Å². The summed E-state index contributed by atoms with van der Waals surface area (Å²) in [6.45, 7) is 11.2. The summed E-state index contributed by atoms with van der Waals surface area (Å²) in [5, 5.41) is 3.62. The van der Waals surface area contributed by atoms with E-state index in [0.717, 1.165) is 32.1 Å². The van der Waals surface area contributed by atoms with Crippen molar-refractivity contribution >= 4 is 0 Å². The van der Waals surface area contributed by atoms with Crippen molar-refractivity contribution in [1.82, 2.24) is 10.2 Å². The first-order chi connectivity index (χ1) is 12.1. The summed E-state index contributed by atoms with van der Waals surface area (Å²) in [6.07, 6.45) is 2.49. The molecule has 2 heteroatoms. The molecule has 0 aliphatic carbocycles. The average Bonchev–Trinajstić information content (AvgIpc) is 2.60. The van der Waals surface area contributed by atoms with Crippen molar-refractivity contribution in [3.8, 4) is 0 Å². The predicted molar refractivity (Wildman–Crippen MR) is 107 cm³/mol. The van der Waals surface area contributed by atoms with Gasteiger partial charge in [-0.3, -0.25) is 4.90 Å². The molecule has 0 amide bonds. The molecule has 0 aromatic heterocycles. The first kappa shape index (κ1) is 18.2. The first-order valence-corrected chi connectivity index (χ1v) is 9.69. The Labute approximate surface area is 153 Å². The molecule has 1 atom stereocenters. The van der Waals surface area contributed by atoms with E-state index in [0.29, 0.717) is 6.04 Å². The van der Waals surface area contributed by atoms with Crippen LogP contribution >= 0.6 is 0 Å². The van der Waals surface area contributed by atoms with Gasteiger partial charge in [0.2, 0.25) is 0 Å². The highest BCUT2D eigenvalue weighted by Gasteiger charge is 2.26. The highest BCUT2D eigenvalue weighted by molar-refractivity contribution is 5.36. The number of nitrogens with zero attached hydrogens (tertiary/aromatic N) is 1. The molecule has 1 heterocycles. The molecule has 2 aromatic rings. The maximum absolute atomic E-state index is 3.62. The Hall–Kier alpha value is -1.64. The maximum Gasteiger partial charge on any atom is 0.0242 e. The number of benzene rings is 2. The number of nitrogens with one attached hydrogen (secondary N) is 1. The van der Waals surface area contributed by atoms with Crippen LogP contribution in [0.5, 0.6) is 0 Å². The molecular formula is C23H32N2. The van der Waals surface area contributed by atoms with Crippen LogP contribution in [0.3, 0.4) is 0 Å². The first-order valence-electron chi connectivity index (χ1n) is 9.69. The van der Waals surface area contributed by atoms with E-state index >= 15 is 0 Å². The lowest BCUT2D eigenvalue weighted by Gasteiger charge is -2.38. The highest BCUT2D eigenvalue weighted by Crippen LogP contribution is 2.28. The fourth-order valence-corrected chi connectivity index (χ4v) is 3.99. The Morgan fingerprint density at radius 2 is 1.88 bits per heavy atom. The normalized spacial score (nSPS) is 17.7. The molecule has 0 saturated carbocycles. The van der Waals surface area contributed by atoms with E-state index in [1.165, 1.54) is 24.0 Å². The second-order valence-corrected chi connectivity index (χ2v) is 7.83. The van der Waals surface area contributed by atoms with Crippen LogP contribution in [-0.2, 0) is 19.5 Å². The van der Waals surface area contributed by atoms with E-state index in [1.807, 2.05) is 0 Å². The molecule has 0 spiro atoms. The Morgan fingerprint density at radius 3 is 2.64 bits per heavy atom. The third-order valence-corrected chi connectivity index (χ3v) is 5.33. The maximum atomic E-state index is 3.62. The quantitative estimate of drug-likeness (QED) is 0.746. The number of hydrogen-bond donors (Lipinski definition) is 1. The average molecular weight is 337 g/mol. The smallest absolute Gasteiger partial charge is 0.0242 e. The molecule has 1 aliphatic rings. The molecule has 25 heavy (non-hydrogen) atoms. The van der Waals surface area contributed by atoms with Crippen molar-refractivity contribution in [1.29, 1.82) is 0 Å². The van der Waals surface area contributed by atoms with Crippen LogP contribution < -0.4 is 5.32 Å². The van der Waals surface area contributed by atoms with Gasteiger partial charge in [0.25, 0.3) is 0 Å². The molecule has 3 rings (SSSR count). The number of hydrogen-bond acceptors (Lipinski definition) is 2. The molecule has 1 N–H and O–H groups in total. The monoisotopic (exact) mass is 336 g/mol. The molecule has 0 bridgehead atoms. The van der Waals surface area contributed by atoms with Crippen molar-refractivity contribution in [2.75, 3.05) is 13.1 Å². The lowest BCUT2D eigenvalue weighted by molar-refractivity contribution is 0.150. The highest BCUT2D eigenvalue weighted by atomic mass is 15.2. The lowest BCUT2D eigenvalue weighted by atomic mass is 9.87. The summed E-state index contributed by atoms with van der Waals surface area (Å²) in [7, 11) is 0. The van der Waals surface area contributed by atoms with Gasteiger partial charge in [-0.2, -0.15) is 0 Å². The van der Waals surface area contributed by atoms with Gasteiger partial charge in [0.15, 0.2) is 0 Å². The molecule has 0 fully saturated rings. The van der Waals surface area contributed by atoms with Crippen LogP contribution in [0.1, 0.15) is 42.5 Å². The van der Waals surface area contributed by atoms with Gasteiger partial charge in [0, 0.05) is 32.2 Å². The summed E-state index contributed by atoms with van der Waals surface area (Å²) in [6, 6.07) is 18.2. The number of fused-ring (bicyclic) bond motifs is 1. The summed E-state index contributed by atoms with van der Waals surface area (Å²) >= 11 is 0. The third-order valence-electron chi connectivity index (χ3n) is 5.33. The standard InChI is InChI=1S/C23H32N2/c1-18(2)14-22-15-21-11-7-8-19(3)23(21)17-25(22)13-12-24-16-20-9-5-4-6-10-20/h4-11,18,22,24H,12-17H2,1-3H3. The second kappa shape index (κ2) is 8.64. The van der Waals surface area contributed by atoms with Crippen molar-refractivity contribution in [2.24, 2.45) is 5.92 Å². The minimum Gasteiger partial charge on any atom is -0.311 e. The minimum atomic E-state index is 0.674. The Bertz CT molecular complexity index is 663. The summed E-state index contributed by atoms with van der Waals surface area (Å²) in [5.41, 5.74) is 5.94. The summed E-state index contributed by atoms with van der Waals surface area (Å²) < 4.78 is 0. The molecular weight excluding hydrogens is 304 g/mol. The second-order valence-electron chi connectivity index (χ2n) is 7.83. The van der Waals surface area contributed by atoms with Gasteiger partial charge in [-0.15, -0.1) is 0 Å². The topological polar surface area (TPSA) is 15.3 Å². The van der Waals surface area contributed by atoms with E-state index in [1.54, 1.807) is 11.1 Å². The number of aryl methyl sites for hydroxylation is 1. The van der Waals surface area contributed by atoms with Crippen LogP contribution in [0.25, 0.3) is 0 Å². The minimum absolute atomic E-state index is 0.674. The zero-order chi connectivity index (χ0) is 17.6. The Morgan fingerprint density at radius 1 is 1.08 bits per heavy atom. The van der Waals surface area contributed by atoms with Crippen molar-refractivity contribution < 1.29 is 0 Å². The molecule has 0 radical (unpaired) electrons. The van der Waals surface area contributed by atoms with Crippen LogP contribution in [0.4, 0.5) is 0 Å². The fourth-order valence-electron chi connectivity index (χ4n) is 3.99. The van der Waals surface area contributed by atoms with Crippen molar-refractivity contribution in [3.63, 3.8) is 0 Å². The molecule has 2 aromatic carbocycles. The molecule has 0 saturated heterocycles. The van der Waals surface area contributed by atoms with Crippen LogP contribution in [0.2, 0.25) is 0 Å². The summed E-state index contributed by atoms with van der Waals surface area (Å²) in [5.74, 6) is 0.746. The molecule has 1 unspecified atom stereocenters. The van der Waals surface area contributed by atoms with Gasteiger partial charge < -0.3 is 5.32 Å². The van der Waals surface area contributed by atoms with E-state index in [-0.39, 0.29) is 0 Å². The zero-order valence-electron chi connectivity index (χ0n) is 16.0. The van der Waals surface area contributed by atoms with Crippen LogP contribution in [0.15, 0.2) is 48.5 Å². The molecule has 134 valence electrons.